The maximum Gasteiger partial charge on any atom is 0.107 e. The van der Waals surface area contributed by atoms with Crippen LogP contribution < -0.4 is 0 Å². The lowest BCUT2D eigenvalue weighted by Crippen LogP contribution is -2.33. The Labute approximate surface area is 113 Å². The minimum atomic E-state index is -0.146. The second-order valence-electron chi connectivity index (χ2n) is 5.11. The first-order chi connectivity index (χ1) is 8.74. The minimum Gasteiger partial charge on any atom is -0.206 e. The number of unbranched alkanes of at least 4 members (excludes halogenated alkanes) is 2. The van der Waals surface area contributed by atoms with Crippen LogP contribution >= 0.6 is 0 Å². The van der Waals surface area contributed by atoms with E-state index in [0.717, 1.165) is 38.5 Å². The van der Waals surface area contributed by atoms with Crippen molar-refractivity contribution in [2.45, 2.75) is 91.1 Å². The van der Waals surface area contributed by atoms with Crippen molar-refractivity contribution in [2.75, 3.05) is 6.61 Å². The Balaban J connectivity index is 4.23. The summed E-state index contributed by atoms with van der Waals surface area (Å²) < 4.78 is 0. The molecule has 0 radical (unpaired) electrons. The van der Waals surface area contributed by atoms with Gasteiger partial charge in [0.15, 0.2) is 0 Å². The summed E-state index contributed by atoms with van der Waals surface area (Å²) in [4.78, 5) is 10.7. The molecule has 0 amide bonds. The van der Waals surface area contributed by atoms with Gasteiger partial charge in [-0.15, -0.1) is 0 Å². The summed E-state index contributed by atoms with van der Waals surface area (Å²) in [6.45, 7) is 9.25. The van der Waals surface area contributed by atoms with Gasteiger partial charge in [-0.25, -0.2) is 4.89 Å². The second kappa shape index (κ2) is 11.9. The fourth-order valence-corrected chi connectivity index (χ4v) is 2.32. The van der Waals surface area contributed by atoms with E-state index in [2.05, 4.69) is 27.7 Å². The molecule has 0 N–H and O–H groups in total. The Bertz CT molecular complexity index is 165. The smallest absolute Gasteiger partial charge is 0.107 e. The lowest BCUT2D eigenvalue weighted by molar-refractivity contribution is -0.545. The van der Waals surface area contributed by atoms with E-state index < -0.39 is 0 Å². The van der Waals surface area contributed by atoms with Crippen molar-refractivity contribution in [1.82, 2.24) is 0 Å². The highest BCUT2D eigenvalue weighted by Gasteiger charge is 2.30. The molecule has 0 saturated carbocycles. The van der Waals surface area contributed by atoms with Gasteiger partial charge in [-0.05, 0) is 25.7 Å². The summed E-state index contributed by atoms with van der Waals surface area (Å²) in [7, 11) is 0. The second-order valence-corrected chi connectivity index (χ2v) is 5.11. The summed E-state index contributed by atoms with van der Waals surface area (Å²) >= 11 is 0. The lowest BCUT2D eigenvalue weighted by atomic mass is 9.87. The fourth-order valence-electron chi connectivity index (χ4n) is 2.32. The van der Waals surface area contributed by atoms with Crippen molar-refractivity contribution in [1.29, 1.82) is 0 Å². The molecule has 0 fully saturated rings. The van der Waals surface area contributed by atoms with Crippen LogP contribution in [0, 0.1) is 0 Å². The molecule has 0 aromatic carbocycles. The molecule has 0 heterocycles. The quantitative estimate of drug-likeness (QED) is 0.259. The molecular formula is C15H32O3. The van der Waals surface area contributed by atoms with Crippen LogP contribution in [-0.2, 0) is 14.8 Å². The van der Waals surface area contributed by atoms with Gasteiger partial charge >= 0.3 is 0 Å². The van der Waals surface area contributed by atoms with Gasteiger partial charge in [-0.3, -0.25) is 0 Å². The van der Waals surface area contributed by atoms with Crippen molar-refractivity contribution >= 4 is 0 Å². The predicted octanol–water partition coefficient (Wildman–Crippen LogP) is 5.20. The van der Waals surface area contributed by atoms with Crippen molar-refractivity contribution in [2.24, 2.45) is 0 Å². The minimum absolute atomic E-state index is 0.146. The Kier molecular flexibility index (Phi) is 11.9. The van der Waals surface area contributed by atoms with E-state index in [1.165, 1.54) is 19.3 Å². The van der Waals surface area contributed by atoms with E-state index in [-0.39, 0.29) is 5.60 Å². The first kappa shape index (κ1) is 17.9. The van der Waals surface area contributed by atoms with E-state index in [9.17, 15) is 0 Å². The summed E-state index contributed by atoms with van der Waals surface area (Å²) in [6, 6.07) is 0. The van der Waals surface area contributed by atoms with Crippen LogP contribution in [-0.4, -0.2) is 12.2 Å². The molecule has 0 saturated heterocycles. The Morgan fingerprint density at radius 3 is 1.89 bits per heavy atom. The molecule has 0 bridgehead atoms. The highest BCUT2D eigenvalue weighted by molar-refractivity contribution is 4.78. The van der Waals surface area contributed by atoms with Gasteiger partial charge in [-0.1, -0.05) is 64.8 Å². The standard InChI is InChI=1S/C15H32O3/c1-5-9-10-13-15(11-6-2,12-7-3)17-18-16-14-8-4/h5-14H2,1-4H3. The van der Waals surface area contributed by atoms with Crippen LogP contribution in [0.1, 0.15) is 85.5 Å². The lowest BCUT2D eigenvalue weighted by Gasteiger charge is -2.31. The van der Waals surface area contributed by atoms with Crippen molar-refractivity contribution in [3.05, 3.63) is 0 Å². The van der Waals surface area contributed by atoms with Gasteiger partial charge in [0.25, 0.3) is 0 Å². The van der Waals surface area contributed by atoms with Gasteiger partial charge in [-0.2, -0.15) is 4.89 Å². The summed E-state index contributed by atoms with van der Waals surface area (Å²) in [5.74, 6) is 0. The van der Waals surface area contributed by atoms with Crippen LogP contribution in [0.5, 0.6) is 0 Å². The fraction of sp³-hybridized carbons (Fsp3) is 1.00. The molecule has 0 aromatic heterocycles. The zero-order valence-electron chi connectivity index (χ0n) is 12.8. The van der Waals surface area contributed by atoms with E-state index in [1.807, 2.05) is 0 Å². The molecule has 0 aliphatic carbocycles. The molecule has 0 aliphatic rings. The zero-order chi connectivity index (χ0) is 13.7. The van der Waals surface area contributed by atoms with Gasteiger partial charge in [0.1, 0.15) is 5.60 Å². The molecule has 0 atom stereocenters. The highest BCUT2D eigenvalue weighted by atomic mass is 17.5. The maximum atomic E-state index is 5.64. The Morgan fingerprint density at radius 1 is 0.722 bits per heavy atom. The first-order valence-electron chi connectivity index (χ1n) is 7.72. The summed E-state index contributed by atoms with van der Waals surface area (Å²) in [6.07, 6.45) is 10.0. The molecule has 110 valence electrons. The molecule has 3 heteroatoms. The molecule has 0 aromatic rings. The maximum absolute atomic E-state index is 5.64. The number of hydrogen-bond donors (Lipinski definition) is 0. The Morgan fingerprint density at radius 2 is 1.39 bits per heavy atom. The van der Waals surface area contributed by atoms with Gasteiger partial charge < -0.3 is 0 Å². The van der Waals surface area contributed by atoms with Crippen molar-refractivity contribution < 1.29 is 14.8 Å². The van der Waals surface area contributed by atoms with Gasteiger partial charge in [0, 0.05) is 0 Å². The van der Waals surface area contributed by atoms with Crippen molar-refractivity contribution in [3.63, 3.8) is 0 Å². The molecule has 3 nitrogen and oxygen atoms in total. The van der Waals surface area contributed by atoms with Gasteiger partial charge in [0.05, 0.1) is 6.61 Å². The number of hydrogen-bond acceptors (Lipinski definition) is 3. The Hall–Kier alpha value is -0.120. The number of rotatable bonds is 13. The van der Waals surface area contributed by atoms with E-state index in [4.69, 9.17) is 14.8 Å². The molecule has 0 spiro atoms. The van der Waals surface area contributed by atoms with Crippen LogP contribution in [0.15, 0.2) is 0 Å². The molecule has 18 heavy (non-hydrogen) atoms. The third-order valence-electron chi connectivity index (χ3n) is 3.19. The molecule has 0 aliphatic heterocycles. The predicted molar refractivity (Wildman–Crippen MR) is 75.1 cm³/mol. The topological polar surface area (TPSA) is 27.7 Å². The van der Waals surface area contributed by atoms with Gasteiger partial charge in [0.2, 0.25) is 0 Å². The van der Waals surface area contributed by atoms with Crippen molar-refractivity contribution in [3.8, 4) is 0 Å². The highest BCUT2D eigenvalue weighted by Crippen LogP contribution is 2.31. The monoisotopic (exact) mass is 260 g/mol. The molecule has 0 rings (SSSR count). The molecule has 0 unspecified atom stereocenters. The van der Waals surface area contributed by atoms with Crippen LogP contribution in [0.4, 0.5) is 0 Å². The average molecular weight is 260 g/mol. The third kappa shape index (κ3) is 8.06. The van der Waals surface area contributed by atoms with E-state index in [1.54, 1.807) is 0 Å². The average Bonchev–Trinajstić information content (AvgIpc) is 2.36. The van der Waals surface area contributed by atoms with E-state index >= 15 is 0 Å². The summed E-state index contributed by atoms with van der Waals surface area (Å²) in [5.41, 5.74) is -0.146. The zero-order valence-corrected chi connectivity index (χ0v) is 12.8. The van der Waals surface area contributed by atoms with Crippen LogP contribution in [0.2, 0.25) is 0 Å². The summed E-state index contributed by atoms with van der Waals surface area (Å²) in [5, 5.41) is 4.98. The van der Waals surface area contributed by atoms with Crippen LogP contribution in [0.3, 0.4) is 0 Å². The first-order valence-corrected chi connectivity index (χ1v) is 7.72. The normalized spacial score (nSPS) is 12.0. The van der Waals surface area contributed by atoms with E-state index in [0.29, 0.717) is 6.61 Å². The largest absolute Gasteiger partial charge is 0.206 e. The third-order valence-corrected chi connectivity index (χ3v) is 3.19. The van der Waals surface area contributed by atoms with Crippen LogP contribution in [0.25, 0.3) is 0 Å². The molecular weight excluding hydrogens is 228 g/mol. The SMILES string of the molecule is CCCCCC(CCC)(CCC)OOOCCC.